The van der Waals surface area contributed by atoms with Crippen LogP contribution >= 0.6 is 10.7 Å². The van der Waals surface area contributed by atoms with Crippen LogP contribution in [0.5, 0.6) is 0 Å². The number of rotatable bonds is 5. The van der Waals surface area contributed by atoms with Gasteiger partial charge in [-0.15, -0.1) is 0 Å². The highest BCUT2D eigenvalue weighted by atomic mass is 35.7. The molecular formula is C14H17ClFNO3S. The van der Waals surface area contributed by atoms with E-state index in [0.717, 1.165) is 25.0 Å². The molecule has 0 radical (unpaired) electrons. The van der Waals surface area contributed by atoms with Crippen molar-refractivity contribution in [3.8, 4) is 0 Å². The lowest BCUT2D eigenvalue weighted by molar-refractivity contribution is 0.0691. The van der Waals surface area contributed by atoms with Gasteiger partial charge in [-0.05, 0) is 50.8 Å². The minimum absolute atomic E-state index is 0.0473. The van der Waals surface area contributed by atoms with Gasteiger partial charge in [0.15, 0.2) is 0 Å². The van der Waals surface area contributed by atoms with Gasteiger partial charge in [0.2, 0.25) is 0 Å². The van der Waals surface area contributed by atoms with E-state index in [9.17, 15) is 17.6 Å². The molecule has 0 saturated heterocycles. The summed E-state index contributed by atoms with van der Waals surface area (Å²) < 4.78 is 36.4. The average Bonchev–Trinajstić information content (AvgIpc) is 3.17. The first-order valence-corrected chi connectivity index (χ1v) is 9.06. The summed E-state index contributed by atoms with van der Waals surface area (Å²) in [5.41, 5.74) is -0.131. The van der Waals surface area contributed by atoms with Crippen molar-refractivity contribution in [1.29, 1.82) is 0 Å². The Morgan fingerprint density at radius 3 is 2.48 bits per heavy atom. The van der Waals surface area contributed by atoms with Crippen LogP contribution < -0.4 is 0 Å². The second kappa shape index (κ2) is 5.93. The molecule has 1 aromatic carbocycles. The Kier molecular flexibility index (Phi) is 4.58. The Labute approximate surface area is 128 Å². The fourth-order valence-electron chi connectivity index (χ4n) is 2.08. The molecule has 2 rings (SSSR count). The van der Waals surface area contributed by atoms with Crippen molar-refractivity contribution in [3.05, 3.63) is 29.6 Å². The largest absolute Gasteiger partial charge is 0.336 e. The Hall–Kier alpha value is -1.14. The summed E-state index contributed by atoms with van der Waals surface area (Å²) in [6.45, 7) is 4.34. The van der Waals surface area contributed by atoms with E-state index in [-0.39, 0.29) is 16.5 Å². The van der Waals surface area contributed by atoms with E-state index in [0.29, 0.717) is 12.5 Å². The maximum atomic E-state index is 14.0. The van der Waals surface area contributed by atoms with Crippen LogP contribution in [0.25, 0.3) is 0 Å². The molecule has 0 atom stereocenters. The predicted octanol–water partition coefficient (Wildman–Crippen LogP) is 3.01. The lowest BCUT2D eigenvalue weighted by Crippen LogP contribution is -2.39. The van der Waals surface area contributed by atoms with Gasteiger partial charge in [0.25, 0.3) is 15.0 Å². The van der Waals surface area contributed by atoms with Crippen LogP contribution in [0, 0.1) is 11.7 Å². The van der Waals surface area contributed by atoms with Gasteiger partial charge in [-0.3, -0.25) is 4.79 Å². The Morgan fingerprint density at radius 1 is 1.43 bits per heavy atom. The lowest BCUT2D eigenvalue weighted by Gasteiger charge is -2.27. The number of benzene rings is 1. The SMILES string of the molecule is CC(C)N(CC1CC1)C(=O)c1ccc(S(=O)(=O)Cl)cc1F. The molecule has 0 heterocycles. The third-order valence-corrected chi connectivity index (χ3v) is 4.84. The third kappa shape index (κ3) is 3.95. The molecule has 1 saturated carbocycles. The molecule has 21 heavy (non-hydrogen) atoms. The minimum atomic E-state index is -4.01. The second-order valence-corrected chi connectivity index (χ2v) is 8.14. The monoisotopic (exact) mass is 333 g/mol. The van der Waals surface area contributed by atoms with Crippen LogP contribution in [0.3, 0.4) is 0 Å². The highest BCUT2D eigenvalue weighted by molar-refractivity contribution is 8.13. The number of nitrogens with zero attached hydrogens (tertiary/aromatic N) is 1. The zero-order valence-electron chi connectivity index (χ0n) is 11.8. The number of amides is 1. The second-order valence-electron chi connectivity index (χ2n) is 5.57. The smallest absolute Gasteiger partial charge is 0.261 e. The van der Waals surface area contributed by atoms with Crippen molar-refractivity contribution in [3.63, 3.8) is 0 Å². The molecule has 0 aliphatic heterocycles. The zero-order chi connectivity index (χ0) is 15.8. The number of carbonyl (C=O) groups is 1. The van der Waals surface area contributed by atoms with E-state index in [4.69, 9.17) is 10.7 Å². The summed E-state index contributed by atoms with van der Waals surface area (Å²) in [7, 11) is 1.16. The summed E-state index contributed by atoms with van der Waals surface area (Å²) >= 11 is 0. The lowest BCUT2D eigenvalue weighted by atomic mass is 10.1. The summed E-state index contributed by atoms with van der Waals surface area (Å²) in [4.78, 5) is 13.7. The Morgan fingerprint density at radius 2 is 2.05 bits per heavy atom. The maximum Gasteiger partial charge on any atom is 0.261 e. The van der Waals surface area contributed by atoms with Gasteiger partial charge in [-0.2, -0.15) is 0 Å². The topological polar surface area (TPSA) is 54.5 Å². The molecule has 116 valence electrons. The first-order chi connectivity index (χ1) is 9.70. The predicted molar refractivity (Wildman–Crippen MR) is 78.3 cm³/mol. The Balaban J connectivity index is 2.29. The standard InChI is InChI=1S/C14H17ClFNO3S/c1-9(2)17(8-10-3-4-10)14(18)12-6-5-11(7-13(12)16)21(15,19)20/h5-7,9-10H,3-4,8H2,1-2H3. The fraction of sp³-hybridized carbons (Fsp3) is 0.500. The summed E-state index contributed by atoms with van der Waals surface area (Å²) in [6.07, 6.45) is 2.17. The molecule has 1 aliphatic carbocycles. The summed E-state index contributed by atoms with van der Waals surface area (Å²) in [5, 5.41) is 0. The fourth-order valence-corrected chi connectivity index (χ4v) is 2.85. The number of carbonyl (C=O) groups excluding carboxylic acids is 1. The molecule has 7 heteroatoms. The molecule has 1 amide bonds. The van der Waals surface area contributed by atoms with E-state index in [1.54, 1.807) is 4.90 Å². The Bertz CT molecular complexity index is 656. The van der Waals surface area contributed by atoms with Gasteiger partial charge in [-0.25, -0.2) is 12.8 Å². The first kappa shape index (κ1) is 16.2. The first-order valence-electron chi connectivity index (χ1n) is 6.75. The molecule has 4 nitrogen and oxygen atoms in total. The molecule has 0 unspecified atom stereocenters. The molecular weight excluding hydrogens is 317 g/mol. The molecule has 1 fully saturated rings. The quantitative estimate of drug-likeness (QED) is 0.778. The van der Waals surface area contributed by atoms with Crippen LogP contribution in [-0.2, 0) is 9.05 Å². The molecule has 0 aromatic heterocycles. The van der Waals surface area contributed by atoms with E-state index < -0.39 is 20.8 Å². The normalized spacial score (nSPS) is 15.3. The van der Waals surface area contributed by atoms with Crippen LogP contribution in [0.1, 0.15) is 37.0 Å². The van der Waals surface area contributed by atoms with Gasteiger partial charge in [-0.1, -0.05) is 0 Å². The zero-order valence-corrected chi connectivity index (χ0v) is 13.4. The van der Waals surface area contributed by atoms with Crippen LogP contribution in [0.15, 0.2) is 23.1 Å². The van der Waals surface area contributed by atoms with Crippen molar-refractivity contribution < 1.29 is 17.6 Å². The number of halogens is 2. The molecule has 0 N–H and O–H groups in total. The number of hydrogen-bond acceptors (Lipinski definition) is 3. The molecule has 0 bridgehead atoms. The summed E-state index contributed by atoms with van der Waals surface area (Å²) in [5.74, 6) is -0.807. The molecule has 1 aliphatic rings. The summed E-state index contributed by atoms with van der Waals surface area (Å²) in [6, 6.07) is 3.06. The van der Waals surface area contributed by atoms with Crippen molar-refractivity contribution >= 4 is 25.6 Å². The highest BCUT2D eigenvalue weighted by Gasteiger charge is 2.30. The minimum Gasteiger partial charge on any atom is -0.336 e. The van der Waals surface area contributed by atoms with E-state index in [1.807, 2.05) is 13.8 Å². The van der Waals surface area contributed by atoms with Gasteiger partial charge in [0, 0.05) is 23.3 Å². The number of hydrogen-bond donors (Lipinski definition) is 0. The van der Waals surface area contributed by atoms with Crippen molar-refractivity contribution in [2.45, 2.75) is 37.6 Å². The van der Waals surface area contributed by atoms with Crippen LogP contribution in [0.2, 0.25) is 0 Å². The van der Waals surface area contributed by atoms with E-state index >= 15 is 0 Å². The van der Waals surface area contributed by atoms with Crippen LogP contribution in [0.4, 0.5) is 4.39 Å². The highest BCUT2D eigenvalue weighted by Crippen LogP contribution is 2.31. The van der Waals surface area contributed by atoms with Gasteiger partial charge >= 0.3 is 0 Å². The molecule has 1 aromatic rings. The average molecular weight is 334 g/mol. The van der Waals surface area contributed by atoms with Gasteiger partial charge in [0.1, 0.15) is 5.82 Å². The maximum absolute atomic E-state index is 14.0. The van der Waals surface area contributed by atoms with Crippen molar-refractivity contribution in [2.24, 2.45) is 5.92 Å². The van der Waals surface area contributed by atoms with Gasteiger partial charge in [0.05, 0.1) is 10.5 Å². The molecule has 0 spiro atoms. The van der Waals surface area contributed by atoms with E-state index in [1.165, 1.54) is 6.07 Å². The van der Waals surface area contributed by atoms with Crippen molar-refractivity contribution in [2.75, 3.05) is 6.54 Å². The van der Waals surface area contributed by atoms with Crippen molar-refractivity contribution in [1.82, 2.24) is 4.90 Å². The van der Waals surface area contributed by atoms with E-state index in [2.05, 4.69) is 0 Å². The van der Waals surface area contributed by atoms with Crippen LogP contribution in [-0.4, -0.2) is 31.8 Å². The van der Waals surface area contributed by atoms with Gasteiger partial charge < -0.3 is 4.90 Å². The third-order valence-electron chi connectivity index (χ3n) is 3.49.